The van der Waals surface area contributed by atoms with E-state index < -0.39 is 10.0 Å². The molecule has 0 atom stereocenters. The topological polar surface area (TPSA) is 96.2 Å². The Morgan fingerprint density at radius 3 is 2.45 bits per heavy atom. The van der Waals surface area contributed by atoms with Crippen LogP contribution in [0.1, 0.15) is 25.7 Å². The summed E-state index contributed by atoms with van der Waals surface area (Å²) >= 11 is 5.27. The zero-order valence-electron chi connectivity index (χ0n) is 12.3. The molecule has 1 aliphatic rings. The SMILES string of the molecule is NCCNS(=O)(=O)c1ccc(NC(=S)NC2CCCC2)cc1. The fourth-order valence-electron chi connectivity index (χ4n) is 2.42. The van der Waals surface area contributed by atoms with Gasteiger partial charge in [0.05, 0.1) is 4.90 Å². The maximum Gasteiger partial charge on any atom is 0.240 e. The maximum atomic E-state index is 11.9. The molecule has 0 heterocycles. The summed E-state index contributed by atoms with van der Waals surface area (Å²) in [5.74, 6) is 0. The molecule has 1 aromatic rings. The van der Waals surface area contributed by atoms with Gasteiger partial charge in [-0.05, 0) is 49.3 Å². The van der Waals surface area contributed by atoms with Crippen molar-refractivity contribution in [1.82, 2.24) is 10.0 Å². The number of hydrogen-bond acceptors (Lipinski definition) is 4. The van der Waals surface area contributed by atoms with Gasteiger partial charge in [0.1, 0.15) is 0 Å². The van der Waals surface area contributed by atoms with Gasteiger partial charge < -0.3 is 16.4 Å². The number of rotatable bonds is 6. The van der Waals surface area contributed by atoms with E-state index in [1.165, 1.54) is 12.8 Å². The summed E-state index contributed by atoms with van der Waals surface area (Å²) < 4.78 is 26.3. The van der Waals surface area contributed by atoms with E-state index in [1.54, 1.807) is 24.3 Å². The number of hydrogen-bond donors (Lipinski definition) is 4. The quantitative estimate of drug-likeness (QED) is 0.579. The van der Waals surface area contributed by atoms with Gasteiger partial charge in [0, 0.05) is 24.8 Å². The zero-order chi connectivity index (χ0) is 16.0. The highest BCUT2D eigenvalue weighted by molar-refractivity contribution is 7.89. The van der Waals surface area contributed by atoms with Gasteiger partial charge in [0.25, 0.3) is 0 Å². The van der Waals surface area contributed by atoms with E-state index in [9.17, 15) is 8.42 Å². The third-order valence-electron chi connectivity index (χ3n) is 3.55. The van der Waals surface area contributed by atoms with Crippen molar-refractivity contribution in [2.45, 2.75) is 36.6 Å². The Hall–Kier alpha value is -1.22. The third kappa shape index (κ3) is 4.91. The Morgan fingerprint density at radius 1 is 1.23 bits per heavy atom. The molecule has 122 valence electrons. The van der Waals surface area contributed by atoms with Crippen molar-refractivity contribution in [1.29, 1.82) is 0 Å². The minimum atomic E-state index is -3.49. The summed E-state index contributed by atoms with van der Waals surface area (Å²) in [4.78, 5) is 0.209. The van der Waals surface area contributed by atoms with Crippen LogP contribution in [0.3, 0.4) is 0 Å². The van der Waals surface area contributed by atoms with E-state index in [1.807, 2.05) is 0 Å². The maximum absolute atomic E-state index is 11.9. The fraction of sp³-hybridized carbons (Fsp3) is 0.500. The van der Waals surface area contributed by atoms with Crippen LogP contribution in [0.5, 0.6) is 0 Å². The highest BCUT2D eigenvalue weighted by atomic mass is 32.2. The lowest BCUT2D eigenvalue weighted by molar-refractivity contribution is 0.582. The second-order valence-corrected chi connectivity index (χ2v) is 7.47. The lowest BCUT2D eigenvalue weighted by atomic mass is 10.2. The molecule has 2 rings (SSSR count). The number of nitrogens with one attached hydrogen (secondary N) is 3. The molecule has 8 heteroatoms. The summed E-state index contributed by atoms with van der Waals surface area (Å²) in [7, 11) is -3.49. The van der Waals surface area contributed by atoms with Crippen LogP contribution in [0.4, 0.5) is 5.69 Å². The van der Waals surface area contributed by atoms with Crippen LogP contribution >= 0.6 is 12.2 Å². The van der Waals surface area contributed by atoms with Crippen molar-refractivity contribution < 1.29 is 8.42 Å². The first-order valence-electron chi connectivity index (χ1n) is 7.38. The van der Waals surface area contributed by atoms with Gasteiger partial charge in [-0.15, -0.1) is 0 Å². The van der Waals surface area contributed by atoms with E-state index in [0.29, 0.717) is 11.2 Å². The Morgan fingerprint density at radius 2 is 1.86 bits per heavy atom. The summed E-state index contributed by atoms with van der Waals surface area (Å²) in [5.41, 5.74) is 6.06. The van der Waals surface area contributed by atoms with Crippen molar-refractivity contribution in [2.75, 3.05) is 18.4 Å². The number of anilines is 1. The van der Waals surface area contributed by atoms with Gasteiger partial charge in [0.15, 0.2) is 5.11 Å². The molecule has 6 nitrogen and oxygen atoms in total. The normalized spacial score (nSPS) is 15.7. The number of sulfonamides is 1. The Labute approximate surface area is 136 Å². The highest BCUT2D eigenvalue weighted by Gasteiger charge is 2.16. The predicted octanol–water partition coefficient (Wildman–Crippen LogP) is 1.15. The smallest absolute Gasteiger partial charge is 0.240 e. The molecule has 0 radical (unpaired) electrons. The number of benzene rings is 1. The van der Waals surface area contributed by atoms with Gasteiger partial charge in [-0.3, -0.25) is 0 Å². The molecule has 1 aliphatic carbocycles. The molecule has 0 aliphatic heterocycles. The lowest BCUT2D eigenvalue weighted by Gasteiger charge is -2.16. The van der Waals surface area contributed by atoms with E-state index in [-0.39, 0.29) is 18.0 Å². The lowest BCUT2D eigenvalue weighted by Crippen LogP contribution is -2.35. The Bertz CT molecular complexity index is 596. The predicted molar refractivity (Wildman–Crippen MR) is 92.3 cm³/mol. The van der Waals surface area contributed by atoms with E-state index in [0.717, 1.165) is 18.5 Å². The van der Waals surface area contributed by atoms with E-state index in [4.69, 9.17) is 18.0 Å². The third-order valence-corrected chi connectivity index (χ3v) is 5.25. The average Bonchev–Trinajstić information content (AvgIpc) is 2.98. The van der Waals surface area contributed by atoms with Crippen molar-refractivity contribution in [3.63, 3.8) is 0 Å². The molecule has 0 amide bonds. The van der Waals surface area contributed by atoms with Crippen LogP contribution in [0.2, 0.25) is 0 Å². The van der Waals surface area contributed by atoms with Crippen LogP contribution in [0.25, 0.3) is 0 Å². The van der Waals surface area contributed by atoms with Crippen LogP contribution in [-0.4, -0.2) is 32.7 Å². The molecular formula is C14H22N4O2S2. The highest BCUT2D eigenvalue weighted by Crippen LogP contribution is 2.18. The summed E-state index contributed by atoms with van der Waals surface area (Å²) in [6, 6.07) is 6.91. The van der Waals surface area contributed by atoms with Crippen LogP contribution in [0, 0.1) is 0 Å². The molecule has 1 saturated carbocycles. The molecule has 0 unspecified atom stereocenters. The molecule has 22 heavy (non-hydrogen) atoms. The minimum Gasteiger partial charge on any atom is -0.360 e. The molecule has 1 fully saturated rings. The molecule has 0 aromatic heterocycles. The van der Waals surface area contributed by atoms with Gasteiger partial charge in [-0.2, -0.15) is 0 Å². The second kappa shape index (κ2) is 7.87. The molecular weight excluding hydrogens is 320 g/mol. The van der Waals surface area contributed by atoms with E-state index in [2.05, 4.69) is 15.4 Å². The first kappa shape index (κ1) is 17.1. The summed E-state index contributed by atoms with van der Waals surface area (Å²) in [6.07, 6.45) is 4.77. The summed E-state index contributed by atoms with van der Waals surface area (Å²) in [5, 5.41) is 6.92. The first-order chi connectivity index (χ1) is 10.5. The van der Waals surface area contributed by atoms with Crippen LogP contribution in [-0.2, 0) is 10.0 Å². The average molecular weight is 342 g/mol. The van der Waals surface area contributed by atoms with Gasteiger partial charge in [-0.25, -0.2) is 13.1 Å². The van der Waals surface area contributed by atoms with E-state index >= 15 is 0 Å². The molecule has 0 spiro atoms. The van der Waals surface area contributed by atoms with Crippen molar-refractivity contribution >= 4 is 33.0 Å². The number of nitrogens with two attached hydrogens (primary N) is 1. The Kier molecular flexibility index (Phi) is 6.13. The molecule has 5 N–H and O–H groups in total. The van der Waals surface area contributed by atoms with Crippen molar-refractivity contribution in [3.8, 4) is 0 Å². The summed E-state index contributed by atoms with van der Waals surface area (Å²) in [6.45, 7) is 0.484. The largest absolute Gasteiger partial charge is 0.360 e. The fourth-order valence-corrected chi connectivity index (χ4v) is 3.75. The minimum absolute atomic E-state index is 0.209. The standard InChI is InChI=1S/C14H22N4O2S2/c15-9-10-16-22(19,20)13-7-5-12(6-8-13)18-14(21)17-11-3-1-2-4-11/h5-8,11,16H,1-4,9-10,15H2,(H2,17,18,21). The molecule has 0 bridgehead atoms. The second-order valence-electron chi connectivity index (χ2n) is 5.29. The molecule has 0 saturated heterocycles. The molecule has 1 aromatic carbocycles. The van der Waals surface area contributed by atoms with Crippen molar-refractivity contribution in [2.24, 2.45) is 5.73 Å². The van der Waals surface area contributed by atoms with Gasteiger partial charge in [-0.1, -0.05) is 12.8 Å². The van der Waals surface area contributed by atoms with Crippen LogP contribution in [0.15, 0.2) is 29.2 Å². The van der Waals surface area contributed by atoms with Crippen molar-refractivity contribution in [3.05, 3.63) is 24.3 Å². The number of thiocarbonyl (C=S) groups is 1. The van der Waals surface area contributed by atoms with Gasteiger partial charge in [0.2, 0.25) is 10.0 Å². The Balaban J connectivity index is 1.92. The van der Waals surface area contributed by atoms with Gasteiger partial charge >= 0.3 is 0 Å². The first-order valence-corrected chi connectivity index (χ1v) is 9.28. The zero-order valence-corrected chi connectivity index (χ0v) is 14.0. The monoisotopic (exact) mass is 342 g/mol. The van der Waals surface area contributed by atoms with Crippen LogP contribution < -0.4 is 21.1 Å².